The monoisotopic (exact) mass is 246 g/mol. The fraction of sp³-hybridized carbons (Fsp3) is 0.455. The minimum atomic E-state index is -0.430. The summed E-state index contributed by atoms with van der Waals surface area (Å²) in [5.74, 6) is 4.99. The fourth-order valence-corrected chi connectivity index (χ4v) is 1.70. The highest BCUT2D eigenvalue weighted by molar-refractivity contribution is 6.31. The van der Waals surface area contributed by atoms with Crippen LogP contribution in [0.15, 0.2) is 18.2 Å². The molecule has 3 nitrogen and oxygen atoms in total. The standard InChI is InChI=1S/C11H16ClFN2O/c1-2-6-16-7-10(15-14)11-8(12)4-3-5-9(11)13/h3-5,10,15H,2,6-7,14H2,1H3. The van der Waals surface area contributed by atoms with E-state index in [0.29, 0.717) is 23.8 Å². The van der Waals surface area contributed by atoms with E-state index in [1.807, 2.05) is 6.92 Å². The van der Waals surface area contributed by atoms with Gasteiger partial charge in [0.15, 0.2) is 0 Å². The van der Waals surface area contributed by atoms with E-state index in [1.165, 1.54) is 6.07 Å². The maximum Gasteiger partial charge on any atom is 0.129 e. The van der Waals surface area contributed by atoms with E-state index in [0.717, 1.165) is 6.42 Å². The second-order valence-corrected chi connectivity index (χ2v) is 3.84. The summed E-state index contributed by atoms with van der Waals surface area (Å²) >= 11 is 5.92. The van der Waals surface area contributed by atoms with Gasteiger partial charge < -0.3 is 4.74 Å². The lowest BCUT2D eigenvalue weighted by molar-refractivity contribution is 0.111. The second kappa shape index (κ2) is 6.81. The van der Waals surface area contributed by atoms with Gasteiger partial charge in [0.2, 0.25) is 0 Å². The predicted octanol–water partition coefficient (Wildman–Crippen LogP) is 2.41. The van der Waals surface area contributed by atoms with Crippen LogP contribution in [0, 0.1) is 5.82 Å². The van der Waals surface area contributed by atoms with Crippen LogP contribution in [0.4, 0.5) is 4.39 Å². The van der Waals surface area contributed by atoms with Crippen LogP contribution in [0.2, 0.25) is 5.02 Å². The Morgan fingerprint density at radius 1 is 1.56 bits per heavy atom. The van der Waals surface area contributed by atoms with Gasteiger partial charge in [0.1, 0.15) is 5.82 Å². The van der Waals surface area contributed by atoms with Gasteiger partial charge in [-0.15, -0.1) is 0 Å². The van der Waals surface area contributed by atoms with E-state index >= 15 is 0 Å². The minimum Gasteiger partial charge on any atom is -0.379 e. The first-order chi connectivity index (χ1) is 7.70. The van der Waals surface area contributed by atoms with E-state index in [9.17, 15) is 4.39 Å². The molecule has 1 rings (SSSR count). The Hall–Kier alpha value is -0.680. The summed E-state index contributed by atoms with van der Waals surface area (Å²) in [6, 6.07) is 4.11. The molecule has 0 fully saturated rings. The Labute approximate surface area is 99.7 Å². The highest BCUT2D eigenvalue weighted by Gasteiger charge is 2.17. The first kappa shape index (κ1) is 13.4. The molecule has 0 aliphatic carbocycles. The van der Waals surface area contributed by atoms with Crippen molar-refractivity contribution in [3.05, 3.63) is 34.6 Å². The molecular weight excluding hydrogens is 231 g/mol. The topological polar surface area (TPSA) is 47.3 Å². The van der Waals surface area contributed by atoms with E-state index in [1.54, 1.807) is 12.1 Å². The smallest absolute Gasteiger partial charge is 0.129 e. The Morgan fingerprint density at radius 2 is 2.31 bits per heavy atom. The van der Waals surface area contributed by atoms with E-state index in [2.05, 4.69) is 5.43 Å². The van der Waals surface area contributed by atoms with Crippen molar-refractivity contribution in [1.82, 2.24) is 5.43 Å². The summed E-state index contributed by atoms with van der Waals surface area (Å²) < 4.78 is 18.9. The summed E-state index contributed by atoms with van der Waals surface area (Å²) in [5.41, 5.74) is 2.86. The molecular formula is C11H16ClFN2O. The maximum atomic E-state index is 13.6. The van der Waals surface area contributed by atoms with Gasteiger partial charge in [-0.05, 0) is 18.6 Å². The van der Waals surface area contributed by atoms with Gasteiger partial charge in [-0.1, -0.05) is 24.6 Å². The summed E-state index contributed by atoms with van der Waals surface area (Å²) in [5, 5.41) is 0.350. The molecule has 1 aromatic carbocycles. The quantitative estimate of drug-likeness (QED) is 0.460. The molecule has 0 saturated heterocycles. The predicted molar refractivity (Wildman–Crippen MR) is 62.6 cm³/mol. The van der Waals surface area contributed by atoms with E-state index in [4.69, 9.17) is 22.2 Å². The SMILES string of the molecule is CCCOCC(NN)c1c(F)cccc1Cl. The summed E-state index contributed by atoms with van der Waals surface area (Å²) in [6.45, 7) is 2.91. The van der Waals surface area contributed by atoms with Crippen molar-refractivity contribution in [2.45, 2.75) is 19.4 Å². The zero-order chi connectivity index (χ0) is 12.0. The maximum absolute atomic E-state index is 13.6. The molecule has 5 heteroatoms. The number of hydrogen-bond acceptors (Lipinski definition) is 3. The third kappa shape index (κ3) is 3.42. The van der Waals surface area contributed by atoms with Gasteiger partial charge >= 0.3 is 0 Å². The number of hydrazine groups is 1. The normalized spacial score (nSPS) is 12.8. The molecule has 0 aromatic heterocycles. The fourth-order valence-electron chi connectivity index (χ4n) is 1.40. The molecule has 0 saturated carbocycles. The summed E-state index contributed by atoms with van der Waals surface area (Å²) in [4.78, 5) is 0. The first-order valence-corrected chi connectivity index (χ1v) is 5.56. The van der Waals surface area contributed by atoms with Crippen molar-refractivity contribution in [2.75, 3.05) is 13.2 Å². The highest BCUT2D eigenvalue weighted by Crippen LogP contribution is 2.25. The minimum absolute atomic E-state index is 0.297. The molecule has 0 amide bonds. The molecule has 0 heterocycles. The Kier molecular flexibility index (Phi) is 5.69. The number of nitrogens with two attached hydrogens (primary N) is 1. The van der Waals surface area contributed by atoms with Crippen LogP contribution in [-0.2, 0) is 4.74 Å². The third-order valence-corrected chi connectivity index (χ3v) is 2.51. The Morgan fingerprint density at radius 3 is 2.88 bits per heavy atom. The molecule has 1 atom stereocenters. The Bertz CT molecular complexity index is 316. The van der Waals surface area contributed by atoms with E-state index in [-0.39, 0.29) is 5.82 Å². The number of rotatable bonds is 6. The van der Waals surface area contributed by atoms with Crippen LogP contribution < -0.4 is 11.3 Å². The molecule has 0 radical (unpaired) electrons. The molecule has 0 aliphatic heterocycles. The van der Waals surface area contributed by atoms with Crippen LogP contribution in [0.5, 0.6) is 0 Å². The zero-order valence-electron chi connectivity index (χ0n) is 9.17. The average Bonchev–Trinajstić information content (AvgIpc) is 2.26. The van der Waals surface area contributed by atoms with Crippen LogP contribution in [0.3, 0.4) is 0 Å². The molecule has 1 aromatic rings. The highest BCUT2D eigenvalue weighted by atomic mass is 35.5. The molecule has 3 N–H and O–H groups in total. The molecule has 0 bridgehead atoms. The van der Waals surface area contributed by atoms with E-state index < -0.39 is 6.04 Å². The van der Waals surface area contributed by atoms with Crippen LogP contribution in [-0.4, -0.2) is 13.2 Å². The molecule has 0 spiro atoms. The number of halogens is 2. The lowest BCUT2D eigenvalue weighted by Gasteiger charge is -2.18. The van der Waals surface area contributed by atoms with Crippen molar-refractivity contribution in [3.63, 3.8) is 0 Å². The summed E-state index contributed by atoms with van der Waals surface area (Å²) in [6.07, 6.45) is 0.905. The van der Waals surface area contributed by atoms with Gasteiger partial charge in [-0.2, -0.15) is 0 Å². The first-order valence-electron chi connectivity index (χ1n) is 5.18. The van der Waals surface area contributed by atoms with Gasteiger partial charge in [-0.3, -0.25) is 11.3 Å². The number of ether oxygens (including phenoxy) is 1. The average molecular weight is 247 g/mol. The summed E-state index contributed by atoms with van der Waals surface area (Å²) in [7, 11) is 0. The number of nitrogens with one attached hydrogen (secondary N) is 1. The number of hydrogen-bond donors (Lipinski definition) is 2. The lowest BCUT2D eigenvalue weighted by atomic mass is 10.1. The Balaban J connectivity index is 2.78. The van der Waals surface area contributed by atoms with Crippen molar-refractivity contribution in [2.24, 2.45) is 5.84 Å². The third-order valence-electron chi connectivity index (χ3n) is 2.18. The lowest BCUT2D eigenvalue weighted by Crippen LogP contribution is -2.32. The molecule has 16 heavy (non-hydrogen) atoms. The molecule has 90 valence electrons. The van der Waals surface area contributed by atoms with Crippen molar-refractivity contribution in [3.8, 4) is 0 Å². The largest absolute Gasteiger partial charge is 0.379 e. The molecule has 0 aliphatic rings. The van der Waals surface area contributed by atoms with Crippen molar-refractivity contribution >= 4 is 11.6 Å². The van der Waals surface area contributed by atoms with Gasteiger partial charge in [0.05, 0.1) is 12.6 Å². The molecule has 1 unspecified atom stereocenters. The second-order valence-electron chi connectivity index (χ2n) is 3.43. The zero-order valence-corrected chi connectivity index (χ0v) is 9.93. The number of benzene rings is 1. The van der Waals surface area contributed by atoms with Gasteiger partial charge in [-0.25, -0.2) is 4.39 Å². The van der Waals surface area contributed by atoms with Gasteiger partial charge in [0.25, 0.3) is 0 Å². The van der Waals surface area contributed by atoms with Crippen LogP contribution in [0.25, 0.3) is 0 Å². The van der Waals surface area contributed by atoms with Crippen LogP contribution >= 0.6 is 11.6 Å². The van der Waals surface area contributed by atoms with Crippen molar-refractivity contribution in [1.29, 1.82) is 0 Å². The van der Waals surface area contributed by atoms with Crippen molar-refractivity contribution < 1.29 is 9.13 Å². The van der Waals surface area contributed by atoms with Gasteiger partial charge in [0, 0.05) is 17.2 Å². The van der Waals surface area contributed by atoms with Crippen LogP contribution in [0.1, 0.15) is 24.9 Å².